The summed E-state index contributed by atoms with van der Waals surface area (Å²) >= 11 is 0. The number of hydrogen-bond donors (Lipinski definition) is 0. The molecule has 0 radical (unpaired) electrons. The maximum absolute atomic E-state index is 6.88. The molecule has 2 aliphatic rings. The lowest BCUT2D eigenvalue weighted by atomic mass is 9.67. The summed E-state index contributed by atoms with van der Waals surface area (Å²) in [5, 5.41) is 0. The van der Waals surface area contributed by atoms with Crippen LogP contribution >= 0.6 is 0 Å². The lowest BCUT2D eigenvalue weighted by Gasteiger charge is -2.47. The predicted molar refractivity (Wildman–Crippen MR) is 87.5 cm³/mol. The van der Waals surface area contributed by atoms with Gasteiger partial charge in [0.05, 0.1) is 6.10 Å². The van der Waals surface area contributed by atoms with Crippen LogP contribution in [0.25, 0.3) is 0 Å². The van der Waals surface area contributed by atoms with Gasteiger partial charge in [0, 0.05) is 13.2 Å². The van der Waals surface area contributed by atoms with Crippen molar-refractivity contribution >= 4 is 8.32 Å². The van der Waals surface area contributed by atoms with Crippen LogP contribution in [0.1, 0.15) is 59.8 Å². The van der Waals surface area contributed by atoms with Gasteiger partial charge in [0.1, 0.15) is 0 Å². The zero-order chi connectivity index (χ0) is 14.8. The molecule has 3 heteroatoms. The number of methoxy groups -OCH3 is 1. The third-order valence-corrected chi connectivity index (χ3v) is 11.3. The third-order valence-electron chi connectivity index (χ3n) is 6.59. The molecule has 0 aromatic heterocycles. The van der Waals surface area contributed by atoms with Crippen LogP contribution in [0.15, 0.2) is 0 Å². The quantitative estimate of drug-likeness (QED) is 0.643. The van der Waals surface area contributed by atoms with Crippen LogP contribution in [0.3, 0.4) is 0 Å². The maximum Gasteiger partial charge on any atom is 0.192 e. The topological polar surface area (TPSA) is 18.5 Å². The first-order chi connectivity index (χ1) is 9.55. The van der Waals surface area contributed by atoms with Crippen molar-refractivity contribution in [3.05, 3.63) is 0 Å². The molecule has 0 amide bonds. The third kappa shape index (κ3) is 2.73. The van der Waals surface area contributed by atoms with Gasteiger partial charge in [0.2, 0.25) is 0 Å². The molecule has 2 rings (SSSR count). The van der Waals surface area contributed by atoms with Crippen LogP contribution in [0, 0.1) is 11.3 Å². The summed E-state index contributed by atoms with van der Waals surface area (Å²) in [5.41, 5.74) is 0.368. The molecule has 0 N–H and O–H groups in total. The lowest BCUT2D eigenvalue weighted by Crippen LogP contribution is -2.49. The molecule has 2 nitrogen and oxygen atoms in total. The van der Waals surface area contributed by atoms with E-state index >= 15 is 0 Å². The molecule has 20 heavy (non-hydrogen) atoms. The highest BCUT2D eigenvalue weighted by Gasteiger charge is 2.53. The second kappa shape index (κ2) is 6.49. The lowest BCUT2D eigenvalue weighted by molar-refractivity contribution is -0.0585. The highest BCUT2D eigenvalue weighted by Crippen LogP contribution is 2.54. The van der Waals surface area contributed by atoms with E-state index in [0.29, 0.717) is 17.6 Å². The van der Waals surface area contributed by atoms with E-state index in [1.807, 2.05) is 7.11 Å². The van der Waals surface area contributed by atoms with Gasteiger partial charge in [-0.3, -0.25) is 0 Å². The minimum absolute atomic E-state index is 0.368. The molecule has 0 aromatic carbocycles. The van der Waals surface area contributed by atoms with E-state index < -0.39 is 8.32 Å². The van der Waals surface area contributed by atoms with E-state index in [9.17, 15) is 0 Å². The second-order valence-corrected chi connectivity index (χ2v) is 11.9. The molecule has 0 bridgehead atoms. The SMILES string of the molecule is CC[Si](CC)(CC)OC1CCC[C@]2(C)[C@@H](OC)CC[C@@H]12. The van der Waals surface area contributed by atoms with Gasteiger partial charge in [-0.25, -0.2) is 0 Å². The molecule has 0 heterocycles. The first kappa shape index (κ1) is 16.5. The Morgan fingerprint density at radius 1 is 1.05 bits per heavy atom. The summed E-state index contributed by atoms with van der Waals surface area (Å²) in [7, 11) is 0.424. The predicted octanol–water partition coefficient (Wildman–Crippen LogP) is 4.99. The van der Waals surface area contributed by atoms with Gasteiger partial charge < -0.3 is 9.16 Å². The summed E-state index contributed by atoms with van der Waals surface area (Å²) in [4.78, 5) is 0. The molecule has 4 atom stereocenters. The standard InChI is InChI=1S/C17H34O2Si/c1-6-20(7-2,8-3)19-15-10-9-13-17(4)14(15)11-12-16(17)18-5/h14-16H,6-13H2,1-5H3/t14-,15?,16-,17-/m0/s1. The van der Waals surface area contributed by atoms with Crippen LogP contribution in [-0.4, -0.2) is 27.6 Å². The maximum atomic E-state index is 6.88. The first-order valence-electron chi connectivity index (χ1n) is 8.75. The summed E-state index contributed by atoms with van der Waals surface area (Å²) < 4.78 is 12.7. The summed E-state index contributed by atoms with van der Waals surface area (Å²) in [6.07, 6.45) is 7.44. The zero-order valence-corrected chi connectivity index (χ0v) is 15.2. The van der Waals surface area contributed by atoms with Crippen LogP contribution in [0.4, 0.5) is 0 Å². The van der Waals surface area contributed by atoms with Gasteiger partial charge in [-0.05, 0) is 55.1 Å². The molecule has 118 valence electrons. The Bertz CT molecular complexity index is 308. The monoisotopic (exact) mass is 298 g/mol. The van der Waals surface area contributed by atoms with Gasteiger partial charge >= 0.3 is 0 Å². The molecule has 2 fully saturated rings. The summed E-state index contributed by atoms with van der Waals surface area (Å²) in [5.74, 6) is 0.734. The fourth-order valence-electron chi connectivity index (χ4n) is 4.92. The van der Waals surface area contributed by atoms with E-state index in [0.717, 1.165) is 5.92 Å². The average Bonchev–Trinajstić information content (AvgIpc) is 2.82. The molecular weight excluding hydrogens is 264 g/mol. The molecule has 0 saturated heterocycles. The Kier molecular flexibility index (Phi) is 5.36. The van der Waals surface area contributed by atoms with E-state index in [4.69, 9.17) is 9.16 Å². The fourth-order valence-corrected chi connectivity index (χ4v) is 7.85. The van der Waals surface area contributed by atoms with Crippen molar-refractivity contribution in [2.24, 2.45) is 11.3 Å². The summed E-state index contributed by atoms with van der Waals surface area (Å²) in [6, 6.07) is 3.81. The number of fused-ring (bicyclic) bond motifs is 1. The van der Waals surface area contributed by atoms with Gasteiger partial charge in [-0.2, -0.15) is 0 Å². The van der Waals surface area contributed by atoms with Crippen LogP contribution in [0.5, 0.6) is 0 Å². The van der Waals surface area contributed by atoms with Gasteiger partial charge in [0.25, 0.3) is 0 Å². The Labute approximate surface area is 126 Å². The Balaban J connectivity index is 2.13. The highest BCUT2D eigenvalue weighted by molar-refractivity contribution is 6.73. The molecule has 0 spiro atoms. The first-order valence-corrected chi connectivity index (χ1v) is 11.3. The van der Waals surface area contributed by atoms with E-state index in [-0.39, 0.29) is 0 Å². The summed E-state index contributed by atoms with van der Waals surface area (Å²) in [6.45, 7) is 9.48. The van der Waals surface area contributed by atoms with Crippen molar-refractivity contribution in [3.63, 3.8) is 0 Å². The molecule has 0 aliphatic heterocycles. The van der Waals surface area contributed by atoms with Crippen LogP contribution in [0.2, 0.25) is 18.1 Å². The molecule has 0 aromatic rings. The molecular formula is C17H34O2Si. The fraction of sp³-hybridized carbons (Fsp3) is 1.00. The number of ether oxygens (including phenoxy) is 1. The average molecular weight is 299 g/mol. The van der Waals surface area contributed by atoms with Crippen molar-refractivity contribution in [1.82, 2.24) is 0 Å². The Morgan fingerprint density at radius 2 is 1.70 bits per heavy atom. The van der Waals surface area contributed by atoms with Gasteiger partial charge in [-0.1, -0.05) is 34.1 Å². The van der Waals surface area contributed by atoms with Crippen molar-refractivity contribution in [3.8, 4) is 0 Å². The van der Waals surface area contributed by atoms with E-state index in [1.54, 1.807) is 0 Å². The second-order valence-electron chi connectivity index (χ2n) is 7.21. The van der Waals surface area contributed by atoms with Gasteiger partial charge in [0.15, 0.2) is 8.32 Å². The smallest absolute Gasteiger partial charge is 0.192 e. The highest BCUT2D eigenvalue weighted by atomic mass is 28.4. The van der Waals surface area contributed by atoms with E-state index in [1.165, 1.54) is 50.2 Å². The van der Waals surface area contributed by atoms with E-state index in [2.05, 4.69) is 27.7 Å². The van der Waals surface area contributed by atoms with Crippen LogP contribution in [-0.2, 0) is 9.16 Å². The Morgan fingerprint density at radius 3 is 2.25 bits per heavy atom. The van der Waals surface area contributed by atoms with Crippen LogP contribution < -0.4 is 0 Å². The van der Waals surface area contributed by atoms with Crippen molar-refractivity contribution in [2.75, 3.05) is 7.11 Å². The van der Waals surface area contributed by atoms with Crippen molar-refractivity contribution in [1.29, 1.82) is 0 Å². The van der Waals surface area contributed by atoms with Gasteiger partial charge in [-0.15, -0.1) is 0 Å². The zero-order valence-electron chi connectivity index (χ0n) is 14.2. The number of hydrogen-bond acceptors (Lipinski definition) is 2. The van der Waals surface area contributed by atoms with Crippen molar-refractivity contribution < 1.29 is 9.16 Å². The molecule has 2 saturated carbocycles. The Hall–Kier alpha value is 0.137. The minimum Gasteiger partial charge on any atom is -0.414 e. The normalized spacial score (nSPS) is 38.0. The number of rotatable bonds is 6. The molecule has 1 unspecified atom stereocenters. The van der Waals surface area contributed by atoms with Crippen molar-refractivity contribution in [2.45, 2.75) is 90.1 Å². The molecule has 2 aliphatic carbocycles. The largest absolute Gasteiger partial charge is 0.414 e. The minimum atomic E-state index is -1.47.